The van der Waals surface area contributed by atoms with Crippen LogP contribution in [-0.4, -0.2) is 38.2 Å². The summed E-state index contributed by atoms with van der Waals surface area (Å²) < 4.78 is 20.1. The number of unbranched alkanes of at least 4 members (excludes halogenated alkanes) is 1. The molecule has 0 aromatic carbocycles. The van der Waals surface area contributed by atoms with Gasteiger partial charge in [-0.15, -0.1) is 0 Å². The summed E-state index contributed by atoms with van der Waals surface area (Å²) in [7, 11) is 0. The minimum atomic E-state index is -0.593. The second kappa shape index (κ2) is 11.4. The van der Waals surface area contributed by atoms with E-state index in [0.29, 0.717) is 31.7 Å². The van der Waals surface area contributed by atoms with E-state index >= 15 is 0 Å². The molecule has 116 valence electrons. The Bertz CT molecular complexity index is 302. The third-order valence-electron chi connectivity index (χ3n) is 2.48. The molecule has 0 saturated heterocycles. The molecular formula is C14H24O6. The Balaban J connectivity index is 3.53. The van der Waals surface area contributed by atoms with Crippen molar-refractivity contribution in [3.05, 3.63) is 12.2 Å². The minimum absolute atomic E-state index is 0.355. The summed E-state index contributed by atoms with van der Waals surface area (Å²) in [5.41, 5.74) is 0.429. The van der Waals surface area contributed by atoms with E-state index in [0.717, 1.165) is 12.8 Å². The Labute approximate surface area is 120 Å². The lowest BCUT2D eigenvalue weighted by atomic mass is 10.2. The Kier molecular flexibility index (Phi) is 10.6. The number of hydrogen-bond donors (Lipinski definition) is 0. The normalized spacial score (nSPS) is 13.3. The van der Waals surface area contributed by atoms with E-state index in [1.165, 1.54) is 0 Å². The summed E-state index contributed by atoms with van der Waals surface area (Å²) in [5.74, 6) is -0.428. The second-order valence-corrected chi connectivity index (χ2v) is 4.18. The minimum Gasteiger partial charge on any atom is -0.438 e. The van der Waals surface area contributed by atoms with Crippen LogP contribution in [0, 0.1) is 0 Å². The van der Waals surface area contributed by atoms with Crippen molar-refractivity contribution in [1.29, 1.82) is 0 Å². The van der Waals surface area contributed by atoms with E-state index in [4.69, 9.17) is 14.2 Å². The highest BCUT2D eigenvalue weighted by molar-refractivity contribution is 5.87. The van der Waals surface area contributed by atoms with E-state index in [-0.39, 0.29) is 0 Å². The highest BCUT2D eigenvalue weighted by Crippen LogP contribution is 2.05. The van der Waals surface area contributed by atoms with E-state index in [2.05, 4.69) is 11.3 Å². The highest BCUT2D eigenvalue weighted by Gasteiger charge is 2.11. The van der Waals surface area contributed by atoms with Crippen LogP contribution in [-0.2, 0) is 28.5 Å². The standard InChI is InChI=1S/C14H24O6/c1-5-11(2)14(16)20-13(4)18-9-7-6-8-17-12(3)19-10-15/h10,12-13H,2,5-9H2,1,3-4H3. The second-order valence-electron chi connectivity index (χ2n) is 4.18. The van der Waals surface area contributed by atoms with Crippen LogP contribution in [0.2, 0.25) is 0 Å². The Morgan fingerprint density at radius 2 is 1.70 bits per heavy atom. The van der Waals surface area contributed by atoms with Crippen LogP contribution in [0.25, 0.3) is 0 Å². The number of carbonyl (C=O) groups is 2. The van der Waals surface area contributed by atoms with E-state index in [9.17, 15) is 9.59 Å². The lowest BCUT2D eigenvalue weighted by Crippen LogP contribution is -2.19. The Hall–Kier alpha value is -1.40. The maximum atomic E-state index is 11.4. The summed E-state index contributed by atoms with van der Waals surface area (Å²) in [4.78, 5) is 21.4. The van der Waals surface area contributed by atoms with Crippen LogP contribution >= 0.6 is 0 Å². The molecular weight excluding hydrogens is 264 g/mol. The van der Waals surface area contributed by atoms with Gasteiger partial charge in [0.25, 0.3) is 6.47 Å². The first-order valence-electron chi connectivity index (χ1n) is 6.72. The fraction of sp³-hybridized carbons (Fsp3) is 0.714. The molecule has 0 heterocycles. The van der Waals surface area contributed by atoms with Gasteiger partial charge in [0.2, 0.25) is 0 Å². The van der Waals surface area contributed by atoms with Crippen molar-refractivity contribution in [3.63, 3.8) is 0 Å². The lowest BCUT2D eigenvalue weighted by molar-refractivity contribution is -0.171. The molecule has 0 fully saturated rings. The van der Waals surface area contributed by atoms with Crippen molar-refractivity contribution in [1.82, 2.24) is 0 Å². The number of carbonyl (C=O) groups excluding carboxylic acids is 2. The van der Waals surface area contributed by atoms with Gasteiger partial charge < -0.3 is 18.9 Å². The average molecular weight is 288 g/mol. The number of ether oxygens (including phenoxy) is 4. The van der Waals surface area contributed by atoms with Crippen molar-refractivity contribution in [3.8, 4) is 0 Å². The van der Waals surface area contributed by atoms with Gasteiger partial charge in [-0.05, 0) is 33.1 Å². The molecule has 0 spiro atoms. The monoisotopic (exact) mass is 288 g/mol. The molecule has 0 aromatic rings. The highest BCUT2D eigenvalue weighted by atomic mass is 16.7. The molecule has 0 N–H and O–H groups in total. The van der Waals surface area contributed by atoms with E-state index in [1.807, 2.05) is 6.92 Å². The first-order chi connectivity index (χ1) is 9.51. The fourth-order valence-electron chi connectivity index (χ4n) is 1.23. The average Bonchev–Trinajstić information content (AvgIpc) is 2.41. The SMILES string of the molecule is C=C(CC)C(=O)OC(C)OCCCCOC(C)OC=O. The van der Waals surface area contributed by atoms with Crippen molar-refractivity contribution >= 4 is 12.4 Å². The van der Waals surface area contributed by atoms with E-state index in [1.54, 1.807) is 13.8 Å². The summed E-state index contributed by atoms with van der Waals surface area (Å²) in [5, 5.41) is 0. The molecule has 20 heavy (non-hydrogen) atoms. The van der Waals surface area contributed by atoms with Crippen molar-refractivity contribution in [2.24, 2.45) is 0 Å². The maximum absolute atomic E-state index is 11.4. The van der Waals surface area contributed by atoms with Gasteiger partial charge in [-0.2, -0.15) is 0 Å². The molecule has 0 saturated carbocycles. The zero-order chi connectivity index (χ0) is 15.4. The van der Waals surface area contributed by atoms with Crippen LogP contribution in [0.3, 0.4) is 0 Å². The predicted octanol–water partition coefficient (Wildman–Crippen LogP) is 2.17. The molecule has 0 amide bonds. The zero-order valence-corrected chi connectivity index (χ0v) is 12.4. The molecule has 0 radical (unpaired) electrons. The smallest absolute Gasteiger partial charge is 0.335 e. The largest absolute Gasteiger partial charge is 0.438 e. The third kappa shape index (κ3) is 9.52. The van der Waals surface area contributed by atoms with Gasteiger partial charge in [-0.1, -0.05) is 13.5 Å². The molecule has 0 rings (SSSR count). The summed E-state index contributed by atoms with van der Waals surface area (Å²) in [6, 6.07) is 0. The summed E-state index contributed by atoms with van der Waals surface area (Å²) in [6.07, 6.45) is 0.945. The molecule has 2 unspecified atom stereocenters. The van der Waals surface area contributed by atoms with Crippen LogP contribution in [0.5, 0.6) is 0 Å². The first-order valence-corrected chi connectivity index (χ1v) is 6.72. The van der Waals surface area contributed by atoms with Crippen LogP contribution in [0.1, 0.15) is 40.0 Å². The predicted molar refractivity (Wildman–Crippen MR) is 72.7 cm³/mol. The molecule has 6 nitrogen and oxygen atoms in total. The van der Waals surface area contributed by atoms with Gasteiger partial charge in [-0.25, -0.2) is 4.79 Å². The summed E-state index contributed by atoms with van der Waals surface area (Å²) in [6.45, 7) is 10.0. The van der Waals surface area contributed by atoms with Crippen molar-refractivity contribution < 1.29 is 28.5 Å². The molecule has 0 aliphatic rings. The van der Waals surface area contributed by atoms with Crippen LogP contribution in [0.15, 0.2) is 12.2 Å². The quantitative estimate of drug-likeness (QED) is 0.180. The lowest BCUT2D eigenvalue weighted by Gasteiger charge is -2.15. The van der Waals surface area contributed by atoms with Gasteiger partial charge in [-0.3, -0.25) is 4.79 Å². The van der Waals surface area contributed by atoms with Crippen LogP contribution in [0.4, 0.5) is 0 Å². The van der Waals surface area contributed by atoms with Gasteiger partial charge >= 0.3 is 5.97 Å². The van der Waals surface area contributed by atoms with E-state index < -0.39 is 18.5 Å². The van der Waals surface area contributed by atoms with Gasteiger partial charge in [0.15, 0.2) is 12.6 Å². The van der Waals surface area contributed by atoms with Gasteiger partial charge in [0.1, 0.15) is 0 Å². The van der Waals surface area contributed by atoms with Gasteiger partial charge in [0.05, 0.1) is 13.2 Å². The number of esters is 1. The zero-order valence-electron chi connectivity index (χ0n) is 12.4. The molecule has 0 aliphatic heterocycles. The van der Waals surface area contributed by atoms with Crippen molar-refractivity contribution in [2.45, 2.75) is 52.6 Å². The Morgan fingerprint density at radius 1 is 1.15 bits per heavy atom. The third-order valence-corrected chi connectivity index (χ3v) is 2.48. The van der Waals surface area contributed by atoms with Gasteiger partial charge in [0, 0.05) is 5.57 Å². The number of rotatable bonds is 12. The molecule has 0 bridgehead atoms. The molecule has 2 atom stereocenters. The number of hydrogen-bond acceptors (Lipinski definition) is 6. The van der Waals surface area contributed by atoms with Crippen molar-refractivity contribution in [2.75, 3.05) is 13.2 Å². The molecule has 0 aromatic heterocycles. The maximum Gasteiger partial charge on any atom is 0.335 e. The fourth-order valence-corrected chi connectivity index (χ4v) is 1.23. The van der Waals surface area contributed by atoms with Crippen LogP contribution < -0.4 is 0 Å². The molecule has 6 heteroatoms. The first kappa shape index (κ1) is 18.6. The Morgan fingerprint density at radius 3 is 2.20 bits per heavy atom. The summed E-state index contributed by atoms with van der Waals surface area (Å²) >= 11 is 0. The molecule has 0 aliphatic carbocycles. The topological polar surface area (TPSA) is 71.1 Å².